The lowest BCUT2D eigenvalue weighted by molar-refractivity contribution is -0.147. The van der Waals surface area contributed by atoms with Crippen molar-refractivity contribution >= 4 is 28.6 Å². The molecule has 1 fully saturated rings. The van der Waals surface area contributed by atoms with Crippen LogP contribution < -0.4 is 9.47 Å². The van der Waals surface area contributed by atoms with Gasteiger partial charge in [0.15, 0.2) is 0 Å². The summed E-state index contributed by atoms with van der Waals surface area (Å²) in [6, 6.07) is 7.46. The third-order valence-electron chi connectivity index (χ3n) is 3.24. The van der Waals surface area contributed by atoms with Crippen LogP contribution in [0.2, 0.25) is 0 Å². The summed E-state index contributed by atoms with van der Waals surface area (Å²) in [6.07, 6.45) is 2.04. The van der Waals surface area contributed by atoms with Crippen molar-refractivity contribution in [1.82, 2.24) is 0 Å². The Morgan fingerprint density at radius 2 is 2.00 bits per heavy atom. The molecule has 1 aliphatic heterocycles. The Bertz CT molecular complexity index is 432. The Morgan fingerprint density at radius 3 is 2.53 bits per heavy atom. The van der Waals surface area contributed by atoms with E-state index < -0.39 is 0 Å². The fraction of sp³-hybridized carbons (Fsp3) is 0.500. The van der Waals surface area contributed by atoms with Crippen LogP contribution in [0.4, 0.5) is 0 Å². The minimum atomic E-state index is -0.329. The first-order valence-electron chi connectivity index (χ1n) is 6.22. The van der Waals surface area contributed by atoms with Gasteiger partial charge in [-0.25, -0.2) is 0 Å². The van der Waals surface area contributed by atoms with E-state index in [9.17, 15) is 4.79 Å². The number of alkyl halides is 1. The maximum Gasteiger partial charge on any atom is 0.306 e. The van der Waals surface area contributed by atoms with E-state index >= 15 is 0 Å². The highest BCUT2D eigenvalue weighted by Crippen LogP contribution is 2.32. The summed E-state index contributed by atoms with van der Waals surface area (Å²) in [4.78, 5) is 11.2. The van der Waals surface area contributed by atoms with Gasteiger partial charge in [0.05, 0.1) is 13.7 Å². The van der Waals surface area contributed by atoms with Crippen molar-refractivity contribution in [2.24, 2.45) is 0 Å². The lowest BCUT2D eigenvalue weighted by Gasteiger charge is -2.25. The van der Waals surface area contributed by atoms with Crippen LogP contribution in [0.25, 0.3) is 0 Å². The van der Waals surface area contributed by atoms with Crippen molar-refractivity contribution in [3.8, 4) is 11.5 Å². The molecule has 1 aromatic rings. The highest BCUT2D eigenvalue weighted by atomic mass is 127. The van der Waals surface area contributed by atoms with Crippen molar-refractivity contribution in [2.45, 2.75) is 24.9 Å². The number of carbonyl (C=O) groups is 1. The Balaban J connectivity index is 1.83. The summed E-state index contributed by atoms with van der Waals surface area (Å²) in [5.41, 5.74) is -0.329. The number of methoxy groups -OCH3 is 1. The molecule has 1 atom stereocenters. The average molecular weight is 376 g/mol. The van der Waals surface area contributed by atoms with Crippen molar-refractivity contribution in [1.29, 1.82) is 0 Å². The molecule has 0 aliphatic carbocycles. The lowest BCUT2D eigenvalue weighted by Crippen LogP contribution is -2.32. The number of benzene rings is 1. The number of rotatable bonds is 6. The zero-order chi connectivity index (χ0) is 13.7. The molecule has 0 saturated carbocycles. The predicted molar refractivity (Wildman–Crippen MR) is 80.1 cm³/mol. The number of hydrogen-bond donors (Lipinski definition) is 0. The molecule has 0 aromatic heterocycles. The van der Waals surface area contributed by atoms with Gasteiger partial charge in [-0.2, -0.15) is 0 Å². The minimum Gasteiger partial charge on any atom is -0.497 e. The van der Waals surface area contributed by atoms with Crippen molar-refractivity contribution < 1.29 is 19.0 Å². The maximum atomic E-state index is 11.2. The standard InChI is InChI=1S/C14H17IO4/c1-17-11-2-4-12(5-3-11)18-9-8-14(10-15)7-6-13(16)19-14/h2-5H,6-10H2,1H3. The molecule has 1 aromatic carbocycles. The van der Waals surface area contributed by atoms with E-state index in [1.807, 2.05) is 24.3 Å². The van der Waals surface area contributed by atoms with Crippen LogP contribution in [-0.4, -0.2) is 29.7 Å². The van der Waals surface area contributed by atoms with Crippen LogP contribution in [0.15, 0.2) is 24.3 Å². The summed E-state index contributed by atoms with van der Waals surface area (Å²) < 4.78 is 17.0. The fourth-order valence-corrected chi connectivity index (χ4v) is 2.96. The number of ether oxygens (including phenoxy) is 3. The predicted octanol–water partition coefficient (Wildman–Crippen LogP) is 2.97. The van der Waals surface area contributed by atoms with Gasteiger partial charge < -0.3 is 14.2 Å². The number of halogens is 1. The van der Waals surface area contributed by atoms with Crippen LogP contribution in [0.3, 0.4) is 0 Å². The third kappa shape index (κ3) is 3.75. The van der Waals surface area contributed by atoms with Crippen LogP contribution in [-0.2, 0) is 9.53 Å². The molecule has 2 rings (SSSR count). The van der Waals surface area contributed by atoms with E-state index in [-0.39, 0.29) is 11.6 Å². The zero-order valence-corrected chi connectivity index (χ0v) is 13.0. The molecule has 1 saturated heterocycles. The first kappa shape index (κ1) is 14.4. The normalized spacial score (nSPS) is 22.1. The fourth-order valence-electron chi connectivity index (χ4n) is 2.04. The zero-order valence-electron chi connectivity index (χ0n) is 10.9. The topological polar surface area (TPSA) is 44.8 Å². The lowest BCUT2D eigenvalue weighted by atomic mass is 9.99. The van der Waals surface area contributed by atoms with Gasteiger partial charge in [-0.3, -0.25) is 4.79 Å². The molecule has 1 unspecified atom stereocenters. The first-order valence-corrected chi connectivity index (χ1v) is 7.75. The molecule has 0 spiro atoms. The summed E-state index contributed by atoms with van der Waals surface area (Å²) in [5, 5.41) is 0. The van der Waals surface area contributed by atoms with Crippen molar-refractivity contribution in [3.05, 3.63) is 24.3 Å². The Morgan fingerprint density at radius 1 is 1.32 bits per heavy atom. The first-order chi connectivity index (χ1) is 9.17. The summed E-state index contributed by atoms with van der Waals surface area (Å²) >= 11 is 2.27. The van der Waals surface area contributed by atoms with E-state index in [1.165, 1.54) is 0 Å². The molecule has 0 bridgehead atoms. The smallest absolute Gasteiger partial charge is 0.306 e. The highest BCUT2D eigenvalue weighted by Gasteiger charge is 2.39. The molecule has 0 N–H and O–H groups in total. The summed E-state index contributed by atoms with van der Waals surface area (Å²) in [6.45, 7) is 0.544. The summed E-state index contributed by atoms with van der Waals surface area (Å²) in [5.74, 6) is 1.51. The van der Waals surface area contributed by atoms with Gasteiger partial charge in [-0.05, 0) is 30.7 Å². The van der Waals surface area contributed by atoms with Gasteiger partial charge in [0, 0.05) is 17.3 Å². The third-order valence-corrected chi connectivity index (χ3v) is 4.63. The van der Waals surface area contributed by atoms with E-state index in [0.717, 1.165) is 28.8 Å². The van der Waals surface area contributed by atoms with Crippen LogP contribution in [0.1, 0.15) is 19.3 Å². The number of esters is 1. The van der Waals surface area contributed by atoms with Gasteiger partial charge in [0.25, 0.3) is 0 Å². The van der Waals surface area contributed by atoms with E-state index in [1.54, 1.807) is 7.11 Å². The molecule has 1 heterocycles. The van der Waals surface area contributed by atoms with Gasteiger partial charge in [-0.1, -0.05) is 22.6 Å². The van der Waals surface area contributed by atoms with E-state index in [0.29, 0.717) is 13.0 Å². The second-order valence-corrected chi connectivity index (χ2v) is 5.33. The molecule has 1 aliphatic rings. The number of cyclic esters (lactones) is 1. The summed E-state index contributed by atoms with van der Waals surface area (Å²) in [7, 11) is 1.63. The van der Waals surface area contributed by atoms with Gasteiger partial charge in [0.2, 0.25) is 0 Å². The van der Waals surface area contributed by atoms with Crippen LogP contribution in [0, 0.1) is 0 Å². The monoisotopic (exact) mass is 376 g/mol. The quantitative estimate of drug-likeness (QED) is 0.435. The molecular weight excluding hydrogens is 359 g/mol. The van der Waals surface area contributed by atoms with Gasteiger partial charge in [-0.15, -0.1) is 0 Å². The molecule has 0 amide bonds. The van der Waals surface area contributed by atoms with Gasteiger partial charge in [0.1, 0.15) is 17.1 Å². The maximum absolute atomic E-state index is 11.2. The van der Waals surface area contributed by atoms with Crippen LogP contribution >= 0.6 is 22.6 Å². The highest BCUT2D eigenvalue weighted by molar-refractivity contribution is 14.1. The van der Waals surface area contributed by atoms with Crippen molar-refractivity contribution in [3.63, 3.8) is 0 Å². The number of hydrogen-bond acceptors (Lipinski definition) is 4. The largest absolute Gasteiger partial charge is 0.497 e. The second-order valence-electron chi connectivity index (χ2n) is 4.56. The minimum absolute atomic E-state index is 0.0962. The molecule has 4 nitrogen and oxygen atoms in total. The second kappa shape index (κ2) is 6.45. The Labute approximate surface area is 126 Å². The number of carbonyl (C=O) groups excluding carboxylic acids is 1. The molecular formula is C14H17IO4. The Kier molecular flexibility index (Phi) is 4.90. The van der Waals surface area contributed by atoms with Gasteiger partial charge >= 0.3 is 5.97 Å². The van der Waals surface area contributed by atoms with Crippen molar-refractivity contribution in [2.75, 3.05) is 18.1 Å². The Hall–Kier alpha value is -0.980. The SMILES string of the molecule is COc1ccc(OCCC2(CI)CCC(=O)O2)cc1. The average Bonchev–Trinajstić information content (AvgIpc) is 2.82. The molecule has 0 radical (unpaired) electrons. The van der Waals surface area contributed by atoms with E-state index in [2.05, 4.69) is 22.6 Å². The van der Waals surface area contributed by atoms with Crippen LogP contribution in [0.5, 0.6) is 11.5 Å². The molecule has 19 heavy (non-hydrogen) atoms. The molecule has 5 heteroatoms. The molecule has 104 valence electrons. The van der Waals surface area contributed by atoms with E-state index in [4.69, 9.17) is 14.2 Å².